The molecule has 24 heavy (non-hydrogen) atoms. The zero-order valence-corrected chi connectivity index (χ0v) is 14.2. The molecule has 3 aromatic rings. The number of hydrogen-bond donors (Lipinski definition) is 1. The Bertz CT molecular complexity index is 815. The van der Waals surface area contributed by atoms with Crippen LogP contribution >= 0.6 is 11.8 Å². The minimum absolute atomic E-state index is 0.0392. The quantitative estimate of drug-likeness (QED) is 0.689. The third-order valence-electron chi connectivity index (χ3n) is 3.50. The lowest BCUT2D eigenvalue weighted by Crippen LogP contribution is -2.24. The molecule has 0 fully saturated rings. The minimum atomic E-state index is -0.0392. The molecule has 4 nitrogen and oxygen atoms in total. The van der Waals surface area contributed by atoms with Gasteiger partial charge in [0.15, 0.2) is 5.76 Å². The van der Waals surface area contributed by atoms with Crippen LogP contribution in [-0.4, -0.2) is 16.6 Å². The van der Waals surface area contributed by atoms with Crippen LogP contribution in [0, 0.1) is 6.92 Å². The molecule has 5 heteroatoms. The highest BCUT2D eigenvalue weighted by Gasteiger charge is 2.08. The Balaban J connectivity index is 1.50. The normalized spacial score (nSPS) is 10.5. The second kappa shape index (κ2) is 7.84. The summed E-state index contributed by atoms with van der Waals surface area (Å²) in [7, 11) is 0. The second-order valence-corrected chi connectivity index (χ2v) is 6.33. The monoisotopic (exact) mass is 338 g/mol. The predicted molar refractivity (Wildman–Crippen MR) is 95.7 cm³/mol. The first-order valence-electron chi connectivity index (χ1n) is 7.67. The lowest BCUT2D eigenvalue weighted by molar-refractivity contribution is -0.118. The average molecular weight is 338 g/mol. The number of hydrogen-bond acceptors (Lipinski definition) is 4. The summed E-state index contributed by atoms with van der Waals surface area (Å²) in [6, 6.07) is 17.8. The molecule has 0 aliphatic rings. The van der Waals surface area contributed by atoms with Gasteiger partial charge in [-0.2, -0.15) is 0 Å². The molecular weight excluding hydrogens is 320 g/mol. The minimum Gasteiger partial charge on any atom is -0.439 e. The molecule has 3 rings (SSSR count). The van der Waals surface area contributed by atoms with Crippen molar-refractivity contribution in [2.75, 3.05) is 5.75 Å². The number of aryl methyl sites for hydroxylation is 1. The van der Waals surface area contributed by atoms with Crippen LogP contribution in [0.1, 0.15) is 11.5 Å². The summed E-state index contributed by atoms with van der Waals surface area (Å²) >= 11 is 1.53. The summed E-state index contributed by atoms with van der Waals surface area (Å²) in [6.07, 6.45) is 1.68. The van der Waals surface area contributed by atoms with E-state index in [1.165, 1.54) is 17.3 Å². The van der Waals surface area contributed by atoms with E-state index < -0.39 is 0 Å². The molecule has 0 aliphatic carbocycles. The summed E-state index contributed by atoms with van der Waals surface area (Å²) in [5, 5.41) is 2.84. The molecule has 0 saturated carbocycles. The third kappa shape index (κ3) is 4.26. The fourth-order valence-corrected chi connectivity index (χ4v) is 3.07. The molecule has 2 aromatic carbocycles. The topological polar surface area (TPSA) is 55.1 Å². The van der Waals surface area contributed by atoms with Gasteiger partial charge in [-0.25, -0.2) is 4.98 Å². The number of amides is 1. The fourth-order valence-electron chi connectivity index (χ4n) is 2.21. The van der Waals surface area contributed by atoms with E-state index in [0.29, 0.717) is 23.9 Å². The molecule has 0 aliphatic heterocycles. The van der Waals surface area contributed by atoms with Crippen molar-refractivity contribution in [2.45, 2.75) is 18.4 Å². The van der Waals surface area contributed by atoms with E-state index in [1.807, 2.05) is 61.5 Å². The molecule has 1 heterocycles. The van der Waals surface area contributed by atoms with Crippen molar-refractivity contribution in [3.05, 3.63) is 72.2 Å². The Hall–Kier alpha value is -2.53. The van der Waals surface area contributed by atoms with Crippen LogP contribution in [-0.2, 0) is 11.3 Å². The maximum Gasteiger partial charge on any atom is 0.230 e. The zero-order valence-electron chi connectivity index (χ0n) is 13.4. The fraction of sp³-hybridized carbons (Fsp3) is 0.158. The number of carbonyl (C=O) groups excluding carboxylic acids is 1. The van der Waals surface area contributed by atoms with Crippen molar-refractivity contribution in [3.63, 3.8) is 0 Å². The van der Waals surface area contributed by atoms with Gasteiger partial charge in [0, 0.05) is 10.5 Å². The number of carbonyl (C=O) groups is 1. The van der Waals surface area contributed by atoms with Crippen molar-refractivity contribution in [1.29, 1.82) is 0 Å². The second-order valence-electron chi connectivity index (χ2n) is 5.32. The van der Waals surface area contributed by atoms with Crippen molar-refractivity contribution in [2.24, 2.45) is 0 Å². The number of oxazole rings is 1. The van der Waals surface area contributed by atoms with Gasteiger partial charge in [0.05, 0.1) is 18.5 Å². The van der Waals surface area contributed by atoms with Crippen LogP contribution in [0.4, 0.5) is 0 Å². The average Bonchev–Trinajstić information content (AvgIpc) is 3.09. The van der Waals surface area contributed by atoms with Crippen LogP contribution in [0.25, 0.3) is 11.3 Å². The van der Waals surface area contributed by atoms with E-state index >= 15 is 0 Å². The van der Waals surface area contributed by atoms with E-state index in [0.717, 1.165) is 10.5 Å². The van der Waals surface area contributed by atoms with Crippen LogP contribution in [0.5, 0.6) is 0 Å². The van der Waals surface area contributed by atoms with E-state index in [4.69, 9.17) is 4.42 Å². The van der Waals surface area contributed by atoms with Gasteiger partial charge in [-0.05, 0) is 18.6 Å². The van der Waals surface area contributed by atoms with Crippen molar-refractivity contribution < 1.29 is 9.21 Å². The maximum atomic E-state index is 12.0. The predicted octanol–water partition coefficient (Wildman–Crippen LogP) is 4.06. The lowest BCUT2D eigenvalue weighted by Gasteiger charge is -2.05. The van der Waals surface area contributed by atoms with Gasteiger partial charge < -0.3 is 9.73 Å². The maximum absolute atomic E-state index is 12.0. The Morgan fingerprint density at radius 2 is 1.88 bits per heavy atom. The van der Waals surface area contributed by atoms with E-state index in [-0.39, 0.29) is 5.91 Å². The first-order valence-corrected chi connectivity index (χ1v) is 8.66. The molecule has 0 radical (unpaired) electrons. The molecule has 1 aromatic heterocycles. The first kappa shape index (κ1) is 16.3. The Kier molecular flexibility index (Phi) is 5.33. The largest absolute Gasteiger partial charge is 0.439 e. The molecule has 0 atom stereocenters. The van der Waals surface area contributed by atoms with Gasteiger partial charge in [-0.3, -0.25) is 4.79 Å². The SMILES string of the molecule is Cc1ccccc1SCC(=O)NCc1ncc(-c2ccccc2)o1. The molecule has 1 N–H and O–H groups in total. The first-order chi connectivity index (χ1) is 11.7. The summed E-state index contributed by atoms with van der Waals surface area (Å²) in [5.74, 6) is 1.54. The molecule has 1 amide bonds. The summed E-state index contributed by atoms with van der Waals surface area (Å²) in [6.45, 7) is 2.33. The van der Waals surface area contributed by atoms with E-state index in [9.17, 15) is 4.79 Å². The Labute approximate surface area is 145 Å². The third-order valence-corrected chi connectivity index (χ3v) is 4.68. The van der Waals surface area contributed by atoms with E-state index in [1.54, 1.807) is 6.20 Å². The van der Waals surface area contributed by atoms with Crippen molar-refractivity contribution >= 4 is 17.7 Å². The number of rotatable bonds is 6. The van der Waals surface area contributed by atoms with Gasteiger partial charge in [-0.15, -0.1) is 11.8 Å². The number of nitrogens with one attached hydrogen (secondary N) is 1. The van der Waals surface area contributed by atoms with Crippen molar-refractivity contribution in [1.82, 2.24) is 10.3 Å². The van der Waals surface area contributed by atoms with E-state index in [2.05, 4.69) is 10.3 Å². The number of nitrogens with zero attached hydrogens (tertiary/aromatic N) is 1. The number of aromatic nitrogens is 1. The molecule has 0 saturated heterocycles. The highest BCUT2D eigenvalue weighted by Crippen LogP contribution is 2.22. The van der Waals surface area contributed by atoms with Crippen molar-refractivity contribution in [3.8, 4) is 11.3 Å². The van der Waals surface area contributed by atoms with Gasteiger partial charge in [-0.1, -0.05) is 48.5 Å². The smallest absolute Gasteiger partial charge is 0.230 e. The Morgan fingerprint density at radius 1 is 1.12 bits per heavy atom. The molecule has 0 spiro atoms. The summed E-state index contributed by atoms with van der Waals surface area (Å²) in [4.78, 5) is 17.3. The molecular formula is C19H18N2O2S. The lowest BCUT2D eigenvalue weighted by atomic mass is 10.2. The number of thioether (sulfide) groups is 1. The van der Waals surface area contributed by atoms with Crippen LogP contribution < -0.4 is 5.32 Å². The van der Waals surface area contributed by atoms with Gasteiger partial charge >= 0.3 is 0 Å². The Morgan fingerprint density at radius 3 is 2.67 bits per heavy atom. The highest BCUT2D eigenvalue weighted by atomic mass is 32.2. The molecule has 0 bridgehead atoms. The number of benzene rings is 2. The van der Waals surface area contributed by atoms with Gasteiger partial charge in [0.2, 0.25) is 11.8 Å². The van der Waals surface area contributed by atoms with Gasteiger partial charge in [0.25, 0.3) is 0 Å². The summed E-state index contributed by atoms with van der Waals surface area (Å²) in [5.41, 5.74) is 2.15. The van der Waals surface area contributed by atoms with Crippen LogP contribution in [0.15, 0.2) is 70.1 Å². The highest BCUT2D eigenvalue weighted by molar-refractivity contribution is 8.00. The molecule has 0 unspecified atom stereocenters. The van der Waals surface area contributed by atoms with Gasteiger partial charge in [0.1, 0.15) is 0 Å². The van der Waals surface area contributed by atoms with Crippen LogP contribution in [0.3, 0.4) is 0 Å². The van der Waals surface area contributed by atoms with Crippen LogP contribution in [0.2, 0.25) is 0 Å². The zero-order chi connectivity index (χ0) is 16.8. The molecule has 122 valence electrons. The standard InChI is InChI=1S/C19H18N2O2S/c1-14-7-5-6-10-17(14)24-13-18(22)20-12-19-21-11-16(23-19)15-8-3-2-4-9-15/h2-11H,12-13H2,1H3,(H,20,22). The summed E-state index contributed by atoms with van der Waals surface area (Å²) < 4.78 is 5.67.